The van der Waals surface area contributed by atoms with Crippen LogP contribution in [-0.2, 0) is 0 Å². The van der Waals surface area contributed by atoms with Crippen molar-refractivity contribution in [2.45, 2.75) is 25.0 Å². The largest absolute Gasteiger partial charge is 0.387 e. The molecule has 0 amide bonds. The highest BCUT2D eigenvalue weighted by atomic mass is 16.3. The van der Waals surface area contributed by atoms with E-state index >= 15 is 0 Å². The van der Waals surface area contributed by atoms with Crippen LogP contribution in [0.2, 0.25) is 0 Å². The number of aromatic nitrogens is 1. The van der Waals surface area contributed by atoms with Crippen molar-refractivity contribution in [2.75, 3.05) is 13.1 Å². The summed E-state index contributed by atoms with van der Waals surface area (Å²) in [5.74, 6) is 1.13. The molecule has 23 heavy (non-hydrogen) atoms. The highest BCUT2D eigenvalue weighted by molar-refractivity contribution is 5.82. The third-order valence-corrected chi connectivity index (χ3v) is 5.62. The Morgan fingerprint density at radius 3 is 2.96 bits per heavy atom. The molecular formula is C19H22N2O2. The number of nitrogens with zero attached hydrogens (tertiary/aromatic N) is 1. The van der Waals surface area contributed by atoms with Crippen LogP contribution in [0.3, 0.4) is 0 Å². The molecule has 4 heteroatoms. The van der Waals surface area contributed by atoms with Crippen LogP contribution < -0.4 is 5.56 Å². The Bertz CT molecular complexity index is 797. The minimum absolute atomic E-state index is 0.0927. The van der Waals surface area contributed by atoms with E-state index in [-0.39, 0.29) is 11.6 Å². The molecule has 3 aliphatic rings. The van der Waals surface area contributed by atoms with E-state index in [1.807, 2.05) is 24.3 Å². The van der Waals surface area contributed by atoms with Crippen molar-refractivity contribution in [2.24, 2.45) is 11.8 Å². The van der Waals surface area contributed by atoms with Gasteiger partial charge in [-0.05, 0) is 42.9 Å². The fourth-order valence-corrected chi connectivity index (χ4v) is 4.39. The first kappa shape index (κ1) is 14.7. The predicted octanol–water partition coefficient (Wildman–Crippen LogP) is 2.46. The molecule has 5 rings (SSSR count). The molecule has 0 aliphatic carbocycles. The van der Waals surface area contributed by atoms with Gasteiger partial charge in [0.1, 0.15) is 0 Å². The van der Waals surface area contributed by atoms with Gasteiger partial charge in [0.2, 0.25) is 5.56 Å². The summed E-state index contributed by atoms with van der Waals surface area (Å²) in [6, 6.07) is 9.34. The Labute approximate surface area is 135 Å². The molecule has 3 saturated heterocycles. The minimum atomic E-state index is -0.629. The summed E-state index contributed by atoms with van der Waals surface area (Å²) in [7, 11) is 0. The number of aliphatic hydroxyl groups excluding tert-OH is 1. The van der Waals surface area contributed by atoms with Gasteiger partial charge in [0.25, 0.3) is 0 Å². The van der Waals surface area contributed by atoms with Crippen LogP contribution in [-0.4, -0.2) is 34.1 Å². The summed E-state index contributed by atoms with van der Waals surface area (Å²) in [6.07, 6.45) is 3.58. The molecule has 5 atom stereocenters. The first-order valence-corrected chi connectivity index (χ1v) is 8.34. The van der Waals surface area contributed by atoms with Crippen LogP contribution in [0, 0.1) is 11.8 Å². The lowest BCUT2D eigenvalue weighted by Gasteiger charge is -2.50. The van der Waals surface area contributed by atoms with E-state index in [9.17, 15) is 9.90 Å². The average molecular weight is 310 g/mol. The van der Waals surface area contributed by atoms with Crippen LogP contribution in [0.5, 0.6) is 0 Å². The molecule has 1 aromatic heterocycles. The number of hydrogen-bond acceptors (Lipinski definition) is 3. The van der Waals surface area contributed by atoms with Crippen molar-refractivity contribution in [3.63, 3.8) is 0 Å². The van der Waals surface area contributed by atoms with E-state index in [1.165, 1.54) is 6.42 Å². The standard InChI is InChI=1S/C19H22N2O2/c1-2-12-11-21-8-7-13(12)9-17(21)19(23)15-10-18(22)20-16-6-4-3-5-14(15)16/h2-6,10,12-13,17,19,23H,1,7-9,11H2,(H,20,22)/t12-,13+,17+,19-/m1/s1. The molecule has 3 fully saturated rings. The highest BCUT2D eigenvalue weighted by Crippen LogP contribution is 2.41. The predicted molar refractivity (Wildman–Crippen MR) is 91.3 cm³/mol. The Hall–Kier alpha value is -1.91. The highest BCUT2D eigenvalue weighted by Gasteiger charge is 2.42. The number of benzene rings is 1. The molecule has 120 valence electrons. The van der Waals surface area contributed by atoms with Gasteiger partial charge in [-0.25, -0.2) is 0 Å². The molecule has 1 unspecified atom stereocenters. The molecule has 0 spiro atoms. The van der Waals surface area contributed by atoms with E-state index in [0.29, 0.717) is 11.8 Å². The lowest BCUT2D eigenvalue weighted by atomic mass is 9.73. The van der Waals surface area contributed by atoms with Crippen molar-refractivity contribution >= 4 is 10.9 Å². The number of piperidine rings is 3. The summed E-state index contributed by atoms with van der Waals surface area (Å²) < 4.78 is 0. The minimum Gasteiger partial charge on any atom is -0.387 e. The van der Waals surface area contributed by atoms with E-state index in [2.05, 4.69) is 22.5 Å². The Morgan fingerprint density at radius 1 is 1.39 bits per heavy atom. The molecule has 2 N–H and O–H groups in total. The lowest BCUT2D eigenvalue weighted by Crippen LogP contribution is -2.54. The number of fused-ring (bicyclic) bond motifs is 4. The maximum absolute atomic E-state index is 12.0. The summed E-state index contributed by atoms with van der Waals surface area (Å²) in [5, 5.41) is 12.0. The molecule has 2 bridgehead atoms. The van der Waals surface area contributed by atoms with Crippen LogP contribution in [0.4, 0.5) is 0 Å². The number of H-pyrrole nitrogens is 1. The monoisotopic (exact) mass is 310 g/mol. The van der Waals surface area contributed by atoms with Crippen LogP contribution >= 0.6 is 0 Å². The fraction of sp³-hybridized carbons (Fsp3) is 0.421. The van der Waals surface area contributed by atoms with E-state index in [4.69, 9.17) is 0 Å². The second-order valence-electron chi connectivity index (χ2n) is 6.83. The van der Waals surface area contributed by atoms with Gasteiger partial charge in [-0.2, -0.15) is 0 Å². The van der Waals surface area contributed by atoms with E-state index in [1.54, 1.807) is 6.07 Å². The Morgan fingerprint density at radius 2 is 2.22 bits per heavy atom. The van der Waals surface area contributed by atoms with Gasteiger partial charge in [0.05, 0.1) is 6.10 Å². The molecule has 4 nitrogen and oxygen atoms in total. The SMILES string of the molecule is C=C[C@@H]1CN2CC[C@H]1C[C@H]2[C@H](O)c1cc(=O)[nH]c2ccccc12. The summed E-state index contributed by atoms with van der Waals surface area (Å²) >= 11 is 0. The molecule has 1 aromatic carbocycles. The van der Waals surface area contributed by atoms with Gasteiger partial charge in [-0.1, -0.05) is 24.3 Å². The van der Waals surface area contributed by atoms with E-state index in [0.717, 1.165) is 36.0 Å². The molecule has 4 heterocycles. The first-order chi connectivity index (χ1) is 11.2. The normalized spacial score (nSPS) is 31.2. The average Bonchev–Trinajstić information content (AvgIpc) is 2.60. The maximum Gasteiger partial charge on any atom is 0.248 e. The number of pyridine rings is 1. The van der Waals surface area contributed by atoms with Gasteiger partial charge >= 0.3 is 0 Å². The molecule has 0 saturated carbocycles. The van der Waals surface area contributed by atoms with Crippen molar-refractivity contribution in [1.29, 1.82) is 0 Å². The number of nitrogens with one attached hydrogen (secondary N) is 1. The number of rotatable bonds is 3. The van der Waals surface area contributed by atoms with Crippen LogP contribution in [0.1, 0.15) is 24.5 Å². The van der Waals surface area contributed by atoms with Gasteiger partial charge in [0.15, 0.2) is 0 Å². The van der Waals surface area contributed by atoms with Gasteiger partial charge < -0.3 is 10.1 Å². The number of aliphatic hydroxyl groups is 1. The van der Waals surface area contributed by atoms with Crippen molar-refractivity contribution in [3.05, 3.63) is 58.9 Å². The number of hydrogen-bond donors (Lipinski definition) is 2. The molecule has 2 aromatic rings. The van der Waals surface area contributed by atoms with Crippen molar-refractivity contribution in [3.8, 4) is 0 Å². The zero-order valence-electron chi connectivity index (χ0n) is 13.1. The third kappa shape index (κ3) is 2.42. The second kappa shape index (κ2) is 5.62. The number of para-hydroxylation sites is 1. The Balaban J connectivity index is 1.72. The molecule has 0 radical (unpaired) electrons. The Kier molecular flexibility index (Phi) is 3.58. The van der Waals surface area contributed by atoms with Gasteiger partial charge in [0, 0.05) is 29.6 Å². The zero-order chi connectivity index (χ0) is 16.0. The lowest BCUT2D eigenvalue weighted by molar-refractivity contribution is -0.0445. The molecule has 3 aliphatic heterocycles. The summed E-state index contributed by atoms with van der Waals surface area (Å²) in [4.78, 5) is 17.2. The van der Waals surface area contributed by atoms with Crippen molar-refractivity contribution < 1.29 is 5.11 Å². The quantitative estimate of drug-likeness (QED) is 0.856. The van der Waals surface area contributed by atoms with Crippen LogP contribution in [0.25, 0.3) is 10.9 Å². The van der Waals surface area contributed by atoms with Gasteiger partial charge in [-0.15, -0.1) is 6.58 Å². The second-order valence-corrected chi connectivity index (χ2v) is 6.83. The van der Waals surface area contributed by atoms with Gasteiger partial charge in [-0.3, -0.25) is 9.69 Å². The van der Waals surface area contributed by atoms with Crippen molar-refractivity contribution in [1.82, 2.24) is 9.88 Å². The topological polar surface area (TPSA) is 56.3 Å². The third-order valence-electron chi connectivity index (χ3n) is 5.62. The van der Waals surface area contributed by atoms with E-state index < -0.39 is 6.10 Å². The summed E-state index contributed by atoms with van der Waals surface area (Å²) in [5.41, 5.74) is 1.38. The molecular weight excluding hydrogens is 288 g/mol. The smallest absolute Gasteiger partial charge is 0.248 e. The maximum atomic E-state index is 12.0. The fourth-order valence-electron chi connectivity index (χ4n) is 4.39. The summed E-state index contributed by atoms with van der Waals surface area (Å²) in [6.45, 7) is 5.94. The first-order valence-electron chi connectivity index (χ1n) is 8.34. The zero-order valence-corrected chi connectivity index (χ0v) is 13.1. The van der Waals surface area contributed by atoms with Crippen LogP contribution in [0.15, 0.2) is 47.8 Å². The number of aromatic amines is 1.